The molecule has 4 rings (SSSR count). The summed E-state index contributed by atoms with van der Waals surface area (Å²) >= 11 is 18.9. The Labute approximate surface area is 226 Å². The molecule has 1 aliphatic rings. The first-order chi connectivity index (χ1) is 17.3. The number of hydrogen-bond acceptors (Lipinski definition) is 7. The van der Waals surface area contributed by atoms with Crippen LogP contribution >= 0.6 is 46.6 Å². The molecule has 0 saturated carbocycles. The van der Waals surface area contributed by atoms with Crippen molar-refractivity contribution >= 4 is 64.5 Å². The van der Waals surface area contributed by atoms with Gasteiger partial charge in [-0.25, -0.2) is 14.4 Å². The first-order valence-corrected chi connectivity index (χ1v) is 12.9. The molecule has 3 aromatic rings. The standard InChI is InChI=1S/C26H19Cl3O6S/c27-18-7-1-15(2-8-18)24(30)33-14-22-21(34-25(31)16-3-9-19(28)10-4-16)13-23(36-22)35-26(32)17-5-11-20(29)12-6-17/h1-12,21-23H,13-14H2/t21-,22-,23?/m1/s1. The van der Waals surface area contributed by atoms with Gasteiger partial charge in [0.1, 0.15) is 12.7 Å². The summed E-state index contributed by atoms with van der Waals surface area (Å²) < 4.78 is 16.8. The number of ether oxygens (including phenoxy) is 3. The third-order valence-corrected chi connectivity index (χ3v) is 7.42. The maximum absolute atomic E-state index is 12.7. The van der Waals surface area contributed by atoms with Crippen LogP contribution < -0.4 is 0 Å². The van der Waals surface area contributed by atoms with Crippen molar-refractivity contribution in [2.45, 2.75) is 23.2 Å². The molecule has 10 heteroatoms. The zero-order valence-electron chi connectivity index (χ0n) is 18.6. The fourth-order valence-corrected chi connectivity index (χ4v) is 5.12. The molecule has 0 N–H and O–H groups in total. The molecular weight excluding hydrogens is 547 g/mol. The fraction of sp³-hybridized carbons (Fsp3) is 0.192. The van der Waals surface area contributed by atoms with Gasteiger partial charge in [0.15, 0.2) is 5.44 Å². The molecule has 36 heavy (non-hydrogen) atoms. The van der Waals surface area contributed by atoms with Crippen molar-refractivity contribution in [2.75, 3.05) is 6.61 Å². The maximum Gasteiger partial charge on any atom is 0.339 e. The highest BCUT2D eigenvalue weighted by Gasteiger charge is 2.41. The average molecular weight is 566 g/mol. The maximum atomic E-state index is 12.7. The predicted octanol–water partition coefficient (Wildman–Crippen LogP) is 6.72. The second-order valence-electron chi connectivity index (χ2n) is 7.81. The molecule has 0 aromatic heterocycles. The largest absolute Gasteiger partial charge is 0.461 e. The normalized spacial score (nSPS) is 18.9. The molecule has 3 atom stereocenters. The molecule has 1 fully saturated rings. The Balaban J connectivity index is 1.43. The highest BCUT2D eigenvalue weighted by molar-refractivity contribution is 8.00. The van der Waals surface area contributed by atoms with Crippen molar-refractivity contribution in [2.24, 2.45) is 0 Å². The first kappa shape index (κ1) is 26.4. The van der Waals surface area contributed by atoms with Crippen LogP contribution in [0.1, 0.15) is 37.5 Å². The van der Waals surface area contributed by atoms with Crippen LogP contribution in [0.4, 0.5) is 0 Å². The van der Waals surface area contributed by atoms with E-state index in [1.54, 1.807) is 72.8 Å². The third-order valence-electron chi connectivity index (χ3n) is 5.28. The van der Waals surface area contributed by atoms with Crippen LogP contribution in [0.5, 0.6) is 0 Å². The molecule has 6 nitrogen and oxygen atoms in total. The minimum Gasteiger partial charge on any atom is -0.461 e. The van der Waals surface area contributed by atoms with E-state index >= 15 is 0 Å². The van der Waals surface area contributed by atoms with Crippen molar-refractivity contribution in [1.82, 2.24) is 0 Å². The summed E-state index contributed by atoms with van der Waals surface area (Å²) in [6.45, 7) is -0.0559. The van der Waals surface area contributed by atoms with Crippen LogP contribution in [0.3, 0.4) is 0 Å². The Morgan fingerprint density at radius 1 is 0.667 bits per heavy atom. The molecule has 0 spiro atoms. The molecular formula is C26H19Cl3O6S. The third kappa shape index (κ3) is 6.95. The van der Waals surface area contributed by atoms with Gasteiger partial charge in [-0.15, -0.1) is 11.8 Å². The van der Waals surface area contributed by atoms with Crippen molar-refractivity contribution in [1.29, 1.82) is 0 Å². The molecule has 1 aliphatic heterocycles. The summed E-state index contributed by atoms with van der Waals surface area (Å²) in [5.41, 5.74) is 0.383. The van der Waals surface area contributed by atoms with Crippen molar-refractivity contribution in [3.63, 3.8) is 0 Å². The van der Waals surface area contributed by atoms with Gasteiger partial charge in [-0.05, 0) is 72.8 Å². The number of rotatable bonds is 7. The molecule has 0 bridgehead atoms. The summed E-state index contributed by atoms with van der Waals surface area (Å²) in [4.78, 5) is 37.8. The molecule has 1 saturated heterocycles. The SMILES string of the molecule is O=C(OC[C@H]1SC(OC(=O)c2ccc(Cl)cc2)C[C@H]1OC(=O)c1ccc(Cl)cc1)c1ccc(Cl)cc1. The minimum atomic E-state index is -0.667. The van der Waals surface area contributed by atoms with Crippen LogP contribution in [0.15, 0.2) is 72.8 Å². The zero-order chi connectivity index (χ0) is 25.7. The van der Waals surface area contributed by atoms with Crippen molar-refractivity contribution < 1.29 is 28.6 Å². The van der Waals surface area contributed by atoms with E-state index in [4.69, 9.17) is 49.0 Å². The van der Waals surface area contributed by atoms with Crippen LogP contribution in [0, 0.1) is 0 Å². The van der Waals surface area contributed by atoms with E-state index in [1.807, 2.05) is 0 Å². The van der Waals surface area contributed by atoms with E-state index in [0.29, 0.717) is 31.8 Å². The van der Waals surface area contributed by atoms with Gasteiger partial charge in [-0.1, -0.05) is 34.8 Å². The number of halogens is 3. The molecule has 186 valence electrons. The lowest BCUT2D eigenvalue weighted by atomic mass is 10.1. The van der Waals surface area contributed by atoms with Gasteiger partial charge in [0.05, 0.1) is 21.9 Å². The minimum absolute atomic E-state index is 0.0559. The van der Waals surface area contributed by atoms with Gasteiger partial charge in [0, 0.05) is 21.5 Å². The Morgan fingerprint density at radius 2 is 1.08 bits per heavy atom. The lowest BCUT2D eigenvalue weighted by molar-refractivity contribution is 0.0136. The number of thioether (sulfide) groups is 1. The Bertz CT molecular complexity index is 1230. The lowest BCUT2D eigenvalue weighted by Crippen LogP contribution is -2.29. The van der Waals surface area contributed by atoms with Gasteiger partial charge >= 0.3 is 17.9 Å². The molecule has 3 aromatic carbocycles. The van der Waals surface area contributed by atoms with Crippen LogP contribution in [-0.4, -0.2) is 41.3 Å². The van der Waals surface area contributed by atoms with E-state index in [1.165, 1.54) is 11.8 Å². The summed E-state index contributed by atoms with van der Waals surface area (Å²) in [6, 6.07) is 18.9. The molecule has 0 amide bonds. The topological polar surface area (TPSA) is 78.9 Å². The predicted molar refractivity (Wildman–Crippen MR) is 139 cm³/mol. The van der Waals surface area contributed by atoms with E-state index in [0.717, 1.165) is 0 Å². The summed E-state index contributed by atoms with van der Waals surface area (Å²) in [5, 5.41) is 1.03. The highest BCUT2D eigenvalue weighted by Crippen LogP contribution is 2.38. The molecule has 0 aliphatic carbocycles. The van der Waals surface area contributed by atoms with E-state index in [9.17, 15) is 14.4 Å². The summed E-state index contributed by atoms with van der Waals surface area (Å²) in [7, 11) is 0. The average Bonchev–Trinajstić information content (AvgIpc) is 3.24. The first-order valence-electron chi connectivity index (χ1n) is 10.8. The van der Waals surface area contributed by atoms with Gasteiger partial charge in [-0.2, -0.15) is 0 Å². The van der Waals surface area contributed by atoms with E-state index in [2.05, 4.69) is 0 Å². The van der Waals surface area contributed by atoms with Gasteiger partial charge in [0.25, 0.3) is 0 Å². The Hall–Kier alpha value is -2.71. The summed E-state index contributed by atoms with van der Waals surface area (Å²) in [5.74, 6) is -1.64. The second kappa shape index (κ2) is 12.0. The van der Waals surface area contributed by atoms with Gasteiger partial charge in [0.2, 0.25) is 0 Å². The second-order valence-corrected chi connectivity index (χ2v) is 10.5. The number of carbonyl (C=O) groups excluding carboxylic acids is 3. The quantitative estimate of drug-likeness (QED) is 0.232. The van der Waals surface area contributed by atoms with Crippen LogP contribution in [0.25, 0.3) is 0 Å². The Morgan fingerprint density at radius 3 is 1.56 bits per heavy atom. The monoisotopic (exact) mass is 564 g/mol. The Kier molecular flexibility index (Phi) is 8.80. The number of hydrogen-bond donors (Lipinski definition) is 0. The van der Waals surface area contributed by atoms with E-state index in [-0.39, 0.29) is 13.0 Å². The van der Waals surface area contributed by atoms with Crippen molar-refractivity contribution in [3.05, 3.63) is 105 Å². The highest BCUT2D eigenvalue weighted by atomic mass is 35.5. The number of benzene rings is 3. The number of carbonyl (C=O) groups is 3. The smallest absolute Gasteiger partial charge is 0.339 e. The molecule has 1 heterocycles. The summed E-state index contributed by atoms with van der Waals surface area (Å²) in [6.07, 6.45) is -0.439. The van der Waals surface area contributed by atoms with Crippen molar-refractivity contribution in [3.8, 4) is 0 Å². The fourth-order valence-electron chi connectivity index (χ4n) is 3.42. The van der Waals surface area contributed by atoms with Crippen LogP contribution in [-0.2, 0) is 14.2 Å². The number of esters is 3. The zero-order valence-corrected chi connectivity index (χ0v) is 21.7. The molecule has 1 unspecified atom stereocenters. The lowest BCUT2D eigenvalue weighted by Gasteiger charge is -2.19. The van der Waals surface area contributed by atoms with Crippen LogP contribution in [0.2, 0.25) is 15.1 Å². The van der Waals surface area contributed by atoms with Gasteiger partial charge in [-0.3, -0.25) is 0 Å². The molecule has 0 radical (unpaired) electrons. The van der Waals surface area contributed by atoms with Gasteiger partial charge < -0.3 is 14.2 Å². The van der Waals surface area contributed by atoms with E-state index < -0.39 is 34.7 Å².